The number of carboxylic acid groups (broad SMARTS) is 1. The van der Waals surface area contributed by atoms with Crippen molar-refractivity contribution in [2.24, 2.45) is 16.6 Å². The molecular weight excluding hydrogens is 1090 g/mol. The monoisotopic (exact) mass is 1150 g/mol. The second kappa shape index (κ2) is 28.5. The van der Waals surface area contributed by atoms with Crippen LogP contribution < -0.4 is 16.4 Å². The van der Waals surface area contributed by atoms with E-state index in [0.717, 1.165) is 74.6 Å². The van der Waals surface area contributed by atoms with Gasteiger partial charge in [-0.3, -0.25) is 18.7 Å². The number of aryl methyl sites for hydroxylation is 1. The lowest BCUT2D eigenvalue weighted by atomic mass is 9.88. The van der Waals surface area contributed by atoms with Crippen molar-refractivity contribution in [3.63, 3.8) is 0 Å². The molecule has 9 rings (SSSR count). The van der Waals surface area contributed by atoms with Crippen LogP contribution in [0.1, 0.15) is 105 Å². The molecule has 6 N–H and O–H groups in total. The van der Waals surface area contributed by atoms with Gasteiger partial charge >= 0.3 is 5.97 Å². The number of aromatic carboxylic acids is 1. The van der Waals surface area contributed by atoms with Crippen LogP contribution >= 0.6 is 23.2 Å². The third-order valence-electron chi connectivity index (χ3n) is 12.6. The summed E-state index contributed by atoms with van der Waals surface area (Å²) in [6.45, 7) is 12.6. The number of rotatable bonds is 15. The number of carbonyl (C=O) groups is 2. The van der Waals surface area contributed by atoms with E-state index in [1.807, 2.05) is 68.5 Å². The maximum atomic E-state index is 12.5. The number of nitriles is 2. The first-order chi connectivity index (χ1) is 38.1. The highest BCUT2D eigenvalue weighted by atomic mass is 35.5. The standard InChI is InChI=1S/C25H27ClN6O2.C19H18ClN5O3.C7H8O3S.C5H10N2/c1-25(2,16-27)10-7-22(33)17-3-5-18(6-4-17)23-21(26)14-28-24(31-23)30-19-13-29-32(15-19)20-8-11-34-12-9-20;20-16-10-21-19(24-17(16)12-1-3-13(4-2-12)18(26)27)23-14-9-22-25(11-14)15-5-7-28-8-6-15;1-6-2-4-7(5-3-6)11(8,9)10;1-5(2,3-6)4-7/h3-6,13-15,20H,7-12H2,1-2H3,(H,28,30,31);1-4,9-11,15H,5-8H2,(H,26,27)(H,21,23,24);2-5H,1H3,(H,8,9,10);3,6H2,1-2H3. The van der Waals surface area contributed by atoms with Gasteiger partial charge in [-0.15, -0.1) is 0 Å². The highest BCUT2D eigenvalue weighted by Crippen LogP contribution is 2.31. The Morgan fingerprint density at radius 1 is 0.700 bits per heavy atom. The first-order valence-electron chi connectivity index (χ1n) is 25.4. The van der Waals surface area contributed by atoms with Crippen molar-refractivity contribution >= 4 is 68.3 Å². The molecule has 0 saturated carbocycles. The zero-order valence-electron chi connectivity index (χ0n) is 44.9. The second-order valence-electron chi connectivity index (χ2n) is 20.0. The summed E-state index contributed by atoms with van der Waals surface area (Å²) in [5.41, 5.74) is 10.2. The number of nitrogens with two attached hydrogens (primary N) is 1. The molecule has 6 heterocycles. The number of anilines is 4. The fraction of sp³-hybridized carbons (Fsp3) is 0.357. The van der Waals surface area contributed by atoms with Crippen LogP contribution in [-0.4, -0.2) is 102 Å². The molecule has 2 aliphatic rings. The van der Waals surface area contributed by atoms with Gasteiger partial charge in [0.2, 0.25) is 11.9 Å². The molecule has 80 heavy (non-hydrogen) atoms. The molecule has 420 valence electrons. The lowest BCUT2D eigenvalue weighted by Gasteiger charge is -2.22. The molecule has 2 saturated heterocycles. The van der Waals surface area contributed by atoms with Crippen molar-refractivity contribution < 1.29 is 37.1 Å². The number of ether oxygens (including phenoxy) is 2. The fourth-order valence-electron chi connectivity index (χ4n) is 7.59. The number of hydrogen-bond donors (Lipinski definition) is 5. The predicted molar refractivity (Wildman–Crippen MR) is 304 cm³/mol. The van der Waals surface area contributed by atoms with Gasteiger partial charge < -0.3 is 30.9 Å². The van der Waals surface area contributed by atoms with Crippen molar-refractivity contribution in [2.75, 3.05) is 43.6 Å². The number of benzene rings is 3. The van der Waals surface area contributed by atoms with Crippen molar-refractivity contribution in [1.82, 2.24) is 39.5 Å². The minimum absolute atomic E-state index is 0.00700. The zero-order valence-corrected chi connectivity index (χ0v) is 47.2. The Morgan fingerprint density at radius 3 is 1.50 bits per heavy atom. The molecule has 0 unspecified atom stereocenters. The summed E-state index contributed by atoms with van der Waals surface area (Å²) in [5, 5.41) is 42.4. The molecule has 0 bridgehead atoms. The predicted octanol–water partition coefficient (Wildman–Crippen LogP) is 11.1. The summed E-state index contributed by atoms with van der Waals surface area (Å²) in [5.74, 6) is -0.185. The Hall–Kier alpha value is -7.67. The minimum atomic E-state index is -4.02. The fourth-order valence-corrected chi connectivity index (χ4v) is 8.47. The summed E-state index contributed by atoms with van der Waals surface area (Å²) in [4.78, 5) is 41.0. The Morgan fingerprint density at radius 2 is 1.12 bits per heavy atom. The minimum Gasteiger partial charge on any atom is -0.478 e. The molecular formula is C56H63Cl2N13O8S. The highest BCUT2D eigenvalue weighted by molar-refractivity contribution is 7.85. The summed E-state index contributed by atoms with van der Waals surface area (Å²) in [6.07, 6.45) is 15.0. The van der Waals surface area contributed by atoms with E-state index in [-0.39, 0.29) is 21.7 Å². The lowest BCUT2D eigenvalue weighted by molar-refractivity contribution is 0.0661. The average molecular weight is 1150 g/mol. The Kier molecular flexibility index (Phi) is 21.9. The van der Waals surface area contributed by atoms with Gasteiger partial charge in [-0.05, 0) is 91.0 Å². The van der Waals surface area contributed by atoms with Crippen LogP contribution in [0.5, 0.6) is 0 Å². The summed E-state index contributed by atoms with van der Waals surface area (Å²) in [7, 11) is -4.02. The first-order valence-corrected chi connectivity index (χ1v) is 27.6. The van der Waals surface area contributed by atoms with E-state index in [9.17, 15) is 18.0 Å². The van der Waals surface area contributed by atoms with E-state index in [1.54, 1.807) is 55.0 Å². The van der Waals surface area contributed by atoms with Crippen molar-refractivity contribution in [3.8, 4) is 34.7 Å². The molecule has 4 aromatic heterocycles. The molecule has 3 aromatic carbocycles. The molecule has 0 radical (unpaired) electrons. The molecule has 21 nitrogen and oxygen atoms in total. The second-order valence-corrected chi connectivity index (χ2v) is 22.2. The number of carbonyl (C=O) groups excluding carboxylic acids is 1. The lowest BCUT2D eigenvalue weighted by Crippen LogP contribution is -2.20. The highest BCUT2D eigenvalue weighted by Gasteiger charge is 2.21. The van der Waals surface area contributed by atoms with Gasteiger partial charge in [0.1, 0.15) is 0 Å². The molecule has 2 aliphatic heterocycles. The topological polar surface area (TPSA) is 312 Å². The van der Waals surface area contributed by atoms with Gasteiger partial charge in [0, 0.05) is 68.5 Å². The number of ketones is 1. The van der Waals surface area contributed by atoms with Gasteiger partial charge in [-0.25, -0.2) is 24.7 Å². The number of halogens is 2. The maximum absolute atomic E-state index is 12.5. The van der Waals surface area contributed by atoms with Crippen LogP contribution in [0.2, 0.25) is 10.0 Å². The van der Waals surface area contributed by atoms with Crippen LogP contribution in [0.4, 0.5) is 23.3 Å². The molecule has 7 aromatic rings. The van der Waals surface area contributed by atoms with E-state index in [1.165, 1.54) is 30.5 Å². The number of carboxylic acids is 1. The van der Waals surface area contributed by atoms with Gasteiger partial charge in [0.05, 0.1) is 103 Å². The van der Waals surface area contributed by atoms with Gasteiger partial charge in [-0.2, -0.15) is 29.1 Å². The van der Waals surface area contributed by atoms with Crippen molar-refractivity contribution in [1.29, 1.82) is 10.5 Å². The van der Waals surface area contributed by atoms with Crippen LogP contribution in [0.3, 0.4) is 0 Å². The SMILES string of the molecule is CC(C)(C#N)CCC(=O)c1ccc(-c2nc(Nc3cnn(C4CCOCC4)c3)ncc2Cl)cc1.CC(C)(C#N)CN.Cc1ccc(S(=O)(=O)O)cc1.O=C(O)c1ccc(-c2nc(Nc3cnn(C4CCOCC4)c3)ncc2Cl)cc1. The zero-order chi connectivity index (χ0) is 58.0. The van der Waals surface area contributed by atoms with Crippen LogP contribution in [-0.2, 0) is 19.6 Å². The van der Waals surface area contributed by atoms with Crippen molar-refractivity contribution in [2.45, 2.75) is 90.1 Å². The van der Waals surface area contributed by atoms with Crippen LogP contribution in [0.25, 0.3) is 22.5 Å². The van der Waals surface area contributed by atoms with Crippen LogP contribution in [0.15, 0.2) is 115 Å². The Bertz CT molecular complexity index is 3390. The third-order valence-corrected chi connectivity index (χ3v) is 14.1. The number of Topliss-reactive ketones (excluding diaryl/α,β-unsaturated/α-hetero) is 1. The summed E-state index contributed by atoms with van der Waals surface area (Å²) >= 11 is 12.6. The smallest absolute Gasteiger partial charge is 0.335 e. The molecule has 2 fully saturated rings. The molecule has 0 spiro atoms. The third kappa shape index (κ3) is 18.5. The van der Waals surface area contributed by atoms with Crippen LogP contribution in [0, 0.1) is 40.4 Å². The van der Waals surface area contributed by atoms with Gasteiger partial charge in [-0.1, -0.05) is 77.3 Å². The number of aromatic nitrogens is 8. The van der Waals surface area contributed by atoms with Gasteiger partial charge in [0.15, 0.2) is 5.78 Å². The van der Waals surface area contributed by atoms with E-state index in [2.05, 4.69) is 52.9 Å². The number of nitrogens with one attached hydrogen (secondary N) is 2. The van der Waals surface area contributed by atoms with E-state index in [4.69, 9.17) is 58.6 Å². The number of hydrogen-bond acceptors (Lipinski definition) is 17. The van der Waals surface area contributed by atoms with E-state index in [0.29, 0.717) is 75.9 Å². The van der Waals surface area contributed by atoms with E-state index >= 15 is 0 Å². The normalized spacial score (nSPS) is 13.8. The average Bonchev–Trinajstić information content (AvgIpc) is 4.17. The molecule has 0 atom stereocenters. The quantitative estimate of drug-likeness (QED) is 0.0470. The molecule has 0 aliphatic carbocycles. The molecule has 24 heteroatoms. The number of nitrogens with zero attached hydrogens (tertiary/aromatic N) is 10. The maximum Gasteiger partial charge on any atom is 0.335 e. The first kappa shape index (κ1) is 61.5. The largest absolute Gasteiger partial charge is 0.478 e. The van der Waals surface area contributed by atoms with E-state index < -0.39 is 21.5 Å². The van der Waals surface area contributed by atoms with Crippen molar-refractivity contribution in [3.05, 3.63) is 137 Å². The Labute approximate surface area is 474 Å². The van der Waals surface area contributed by atoms with Gasteiger partial charge in [0.25, 0.3) is 10.1 Å². The molecule has 0 amide bonds. The summed E-state index contributed by atoms with van der Waals surface area (Å²) < 4.78 is 44.3. The Balaban J connectivity index is 0.000000199. The summed E-state index contributed by atoms with van der Waals surface area (Å²) in [6, 6.07) is 24.5.